The second kappa shape index (κ2) is 4.12. The molecule has 1 unspecified atom stereocenters. The normalized spacial score (nSPS) is 17.3. The minimum Gasteiger partial charge on any atom is -0.778 e. The van der Waals surface area contributed by atoms with Crippen molar-refractivity contribution in [3.63, 3.8) is 0 Å². The van der Waals surface area contributed by atoms with Gasteiger partial charge in [0, 0.05) is 6.16 Å². The van der Waals surface area contributed by atoms with Crippen molar-refractivity contribution in [1.82, 2.24) is 0 Å². The molecule has 0 amide bonds. The molecule has 0 aromatic heterocycles. The van der Waals surface area contributed by atoms with Crippen molar-refractivity contribution in [2.45, 2.75) is 33.3 Å². The summed E-state index contributed by atoms with van der Waals surface area (Å²) in [6.07, 6.45) is 0.536. The van der Waals surface area contributed by atoms with E-state index >= 15 is 0 Å². The predicted molar refractivity (Wildman–Crippen MR) is 39.0 cm³/mol. The summed E-state index contributed by atoms with van der Waals surface area (Å²) in [5, 5.41) is 0. The highest BCUT2D eigenvalue weighted by Crippen LogP contribution is 2.38. The molecule has 0 saturated heterocycles. The van der Waals surface area contributed by atoms with E-state index in [-0.39, 0.29) is 12.3 Å². The second-order valence-electron chi connectivity index (χ2n) is 2.49. The quantitative estimate of drug-likeness (QED) is 0.591. The molecule has 0 fully saturated rings. The molecule has 0 aromatic rings. The first-order valence-corrected chi connectivity index (χ1v) is 5.19. The lowest BCUT2D eigenvalue weighted by atomic mass is 10.5. The van der Waals surface area contributed by atoms with Crippen molar-refractivity contribution in [1.29, 1.82) is 0 Å². The van der Waals surface area contributed by atoms with Crippen LogP contribution in [-0.2, 0) is 9.09 Å². The van der Waals surface area contributed by atoms with E-state index in [1.54, 1.807) is 13.8 Å². The third-order valence-electron chi connectivity index (χ3n) is 0.869. The van der Waals surface area contributed by atoms with Crippen LogP contribution in [0.2, 0.25) is 0 Å². The van der Waals surface area contributed by atoms with Crippen molar-refractivity contribution in [2.75, 3.05) is 6.16 Å². The molecule has 0 radical (unpaired) electrons. The van der Waals surface area contributed by atoms with Gasteiger partial charge in [-0.15, -0.1) is 0 Å². The zero-order valence-electron chi connectivity index (χ0n) is 6.66. The van der Waals surface area contributed by atoms with Gasteiger partial charge in [-0.2, -0.15) is 0 Å². The summed E-state index contributed by atoms with van der Waals surface area (Å²) < 4.78 is 15.5. The van der Waals surface area contributed by atoms with Gasteiger partial charge in [-0.3, -0.25) is 0 Å². The van der Waals surface area contributed by atoms with Gasteiger partial charge in [0.05, 0.1) is 6.10 Å². The summed E-state index contributed by atoms with van der Waals surface area (Å²) in [4.78, 5) is 10.8. The molecule has 0 aromatic carbocycles. The van der Waals surface area contributed by atoms with Crippen LogP contribution in [0.4, 0.5) is 0 Å². The van der Waals surface area contributed by atoms with Crippen molar-refractivity contribution >= 4 is 7.60 Å². The highest BCUT2D eigenvalue weighted by Gasteiger charge is 2.07. The Morgan fingerprint density at radius 2 is 2.10 bits per heavy atom. The highest BCUT2D eigenvalue weighted by molar-refractivity contribution is 7.51. The van der Waals surface area contributed by atoms with E-state index in [0.29, 0.717) is 6.42 Å². The molecular formula is C6H14O3P-. The van der Waals surface area contributed by atoms with Gasteiger partial charge in [0.15, 0.2) is 0 Å². The molecule has 10 heavy (non-hydrogen) atoms. The summed E-state index contributed by atoms with van der Waals surface area (Å²) in [6.45, 7) is 5.23. The van der Waals surface area contributed by atoms with E-state index < -0.39 is 7.60 Å². The number of hydrogen-bond acceptors (Lipinski definition) is 3. The Morgan fingerprint density at radius 3 is 2.40 bits per heavy atom. The molecule has 0 N–H and O–H groups in total. The molecule has 4 heteroatoms. The molecule has 0 aliphatic heterocycles. The topological polar surface area (TPSA) is 49.4 Å². The summed E-state index contributed by atoms with van der Waals surface area (Å²) in [7, 11) is -3.50. The molecule has 0 aliphatic carbocycles. The van der Waals surface area contributed by atoms with Crippen molar-refractivity contribution in [3.8, 4) is 0 Å². The third-order valence-corrected chi connectivity index (χ3v) is 2.61. The molecule has 0 aliphatic rings. The first-order valence-electron chi connectivity index (χ1n) is 3.46. The van der Waals surface area contributed by atoms with Gasteiger partial charge in [-0.25, -0.2) is 0 Å². The first kappa shape index (κ1) is 10.2. The van der Waals surface area contributed by atoms with Crippen LogP contribution in [0.25, 0.3) is 0 Å². The zero-order valence-corrected chi connectivity index (χ0v) is 7.56. The van der Waals surface area contributed by atoms with Crippen molar-refractivity contribution in [2.24, 2.45) is 0 Å². The summed E-state index contributed by atoms with van der Waals surface area (Å²) in [6, 6.07) is 0. The molecule has 62 valence electrons. The van der Waals surface area contributed by atoms with Crippen LogP contribution in [-0.4, -0.2) is 12.3 Å². The summed E-state index contributed by atoms with van der Waals surface area (Å²) in [5.41, 5.74) is 0. The standard InChI is InChI=1S/C6H15O3P/c1-4-5-10(7,8)9-6(2)3/h6H,4-5H2,1-3H3,(H,7,8)/p-1. The zero-order chi connectivity index (χ0) is 8.20. The van der Waals surface area contributed by atoms with Crippen LogP contribution in [0.1, 0.15) is 27.2 Å². The van der Waals surface area contributed by atoms with E-state index in [9.17, 15) is 9.46 Å². The van der Waals surface area contributed by atoms with E-state index in [4.69, 9.17) is 0 Å². The monoisotopic (exact) mass is 165 g/mol. The Morgan fingerprint density at radius 1 is 1.60 bits per heavy atom. The van der Waals surface area contributed by atoms with Crippen LogP contribution in [0.3, 0.4) is 0 Å². The fraction of sp³-hybridized carbons (Fsp3) is 1.00. The molecule has 0 heterocycles. The van der Waals surface area contributed by atoms with Crippen LogP contribution in [0.15, 0.2) is 0 Å². The molecule has 0 bridgehead atoms. The number of hydrogen-bond donors (Lipinski definition) is 0. The Labute approximate surface area is 61.9 Å². The molecule has 3 nitrogen and oxygen atoms in total. The van der Waals surface area contributed by atoms with E-state index in [1.807, 2.05) is 6.92 Å². The Hall–Kier alpha value is 0.150. The average molecular weight is 165 g/mol. The number of rotatable bonds is 4. The highest BCUT2D eigenvalue weighted by atomic mass is 31.2. The molecule has 1 atom stereocenters. The molecular weight excluding hydrogens is 151 g/mol. The SMILES string of the molecule is CCCP(=O)([O-])OC(C)C. The maximum Gasteiger partial charge on any atom is 0.135 e. The average Bonchev–Trinajstić information content (AvgIpc) is 1.59. The second-order valence-corrected chi connectivity index (χ2v) is 4.37. The summed E-state index contributed by atoms with van der Waals surface area (Å²) >= 11 is 0. The van der Waals surface area contributed by atoms with Gasteiger partial charge < -0.3 is 14.0 Å². The lowest BCUT2D eigenvalue weighted by Crippen LogP contribution is -2.12. The van der Waals surface area contributed by atoms with Gasteiger partial charge in [0.2, 0.25) is 0 Å². The molecule has 0 spiro atoms. The fourth-order valence-electron chi connectivity index (χ4n) is 0.648. The molecule has 0 saturated carbocycles. The van der Waals surface area contributed by atoms with Gasteiger partial charge in [-0.05, 0) is 20.3 Å². The Kier molecular flexibility index (Phi) is 4.18. The van der Waals surface area contributed by atoms with Crippen LogP contribution in [0.5, 0.6) is 0 Å². The van der Waals surface area contributed by atoms with E-state index in [2.05, 4.69) is 4.52 Å². The third kappa shape index (κ3) is 4.98. The largest absolute Gasteiger partial charge is 0.778 e. The first-order chi connectivity index (χ1) is 4.48. The van der Waals surface area contributed by atoms with Crippen LogP contribution >= 0.6 is 7.60 Å². The van der Waals surface area contributed by atoms with Crippen LogP contribution < -0.4 is 4.89 Å². The minimum atomic E-state index is -3.50. The smallest absolute Gasteiger partial charge is 0.135 e. The van der Waals surface area contributed by atoms with Crippen molar-refractivity contribution < 1.29 is 14.0 Å². The van der Waals surface area contributed by atoms with Crippen molar-refractivity contribution in [3.05, 3.63) is 0 Å². The minimum absolute atomic E-state index is 0.144. The lowest BCUT2D eigenvalue weighted by Gasteiger charge is -2.24. The lowest BCUT2D eigenvalue weighted by molar-refractivity contribution is -0.201. The van der Waals surface area contributed by atoms with Gasteiger partial charge in [0.25, 0.3) is 0 Å². The van der Waals surface area contributed by atoms with Crippen LogP contribution in [0, 0.1) is 0 Å². The van der Waals surface area contributed by atoms with Gasteiger partial charge >= 0.3 is 0 Å². The van der Waals surface area contributed by atoms with E-state index in [1.165, 1.54) is 0 Å². The fourth-order valence-corrected chi connectivity index (χ4v) is 1.94. The molecule has 0 rings (SSSR count). The predicted octanol–water partition coefficient (Wildman–Crippen LogP) is 1.37. The maximum atomic E-state index is 10.8. The Bertz CT molecular complexity index is 133. The van der Waals surface area contributed by atoms with E-state index in [0.717, 1.165) is 0 Å². The maximum absolute atomic E-state index is 10.8. The van der Waals surface area contributed by atoms with Gasteiger partial charge in [0.1, 0.15) is 7.60 Å². The summed E-state index contributed by atoms with van der Waals surface area (Å²) in [5.74, 6) is 0. The Balaban J connectivity index is 3.75. The van der Waals surface area contributed by atoms with Gasteiger partial charge in [-0.1, -0.05) is 6.92 Å².